The van der Waals surface area contributed by atoms with Gasteiger partial charge in [0.25, 0.3) is 5.56 Å². The van der Waals surface area contributed by atoms with Gasteiger partial charge in [-0.2, -0.15) is 0 Å². The highest BCUT2D eigenvalue weighted by Gasteiger charge is 2.19. The van der Waals surface area contributed by atoms with Gasteiger partial charge in [-0.1, -0.05) is 41.4 Å². The van der Waals surface area contributed by atoms with Gasteiger partial charge in [-0.3, -0.25) is 9.78 Å². The molecule has 0 spiro atoms. The Morgan fingerprint density at radius 2 is 1.64 bits per heavy atom. The van der Waals surface area contributed by atoms with Crippen molar-refractivity contribution in [3.8, 4) is 11.1 Å². The Morgan fingerprint density at radius 1 is 0.848 bits per heavy atom. The van der Waals surface area contributed by atoms with E-state index in [2.05, 4.69) is 11.1 Å². The third-order valence-corrected chi connectivity index (χ3v) is 6.60. The summed E-state index contributed by atoms with van der Waals surface area (Å²) in [7, 11) is 0. The van der Waals surface area contributed by atoms with E-state index in [1.807, 2.05) is 75.4 Å². The largest absolute Gasteiger partial charge is 0.321 e. The number of pyridine rings is 3. The summed E-state index contributed by atoms with van der Waals surface area (Å²) in [5.74, 6) is 0. The number of hydrogen-bond donors (Lipinski definition) is 1. The molecule has 0 atom stereocenters. The number of fused-ring (bicyclic) bond motifs is 5. The van der Waals surface area contributed by atoms with Crippen LogP contribution in [-0.2, 0) is 0 Å². The van der Waals surface area contributed by atoms with Crippen molar-refractivity contribution in [3.63, 3.8) is 0 Å². The van der Waals surface area contributed by atoms with Crippen LogP contribution in [0, 0.1) is 20.8 Å². The molecule has 0 fully saturated rings. The van der Waals surface area contributed by atoms with E-state index in [4.69, 9.17) is 21.6 Å². The Hall–Kier alpha value is -3.76. The van der Waals surface area contributed by atoms with Gasteiger partial charge in [-0.25, -0.2) is 4.98 Å². The minimum absolute atomic E-state index is 0.127. The zero-order valence-electron chi connectivity index (χ0n) is 18.5. The molecule has 3 aromatic heterocycles. The first-order valence-electron chi connectivity index (χ1n) is 10.8. The maximum atomic E-state index is 13.5. The summed E-state index contributed by atoms with van der Waals surface area (Å²) < 4.78 is 0. The third-order valence-electron chi connectivity index (χ3n) is 6.36. The highest BCUT2D eigenvalue weighted by atomic mass is 35.5. The van der Waals surface area contributed by atoms with Crippen LogP contribution in [0.15, 0.2) is 65.5 Å². The van der Waals surface area contributed by atoms with Gasteiger partial charge >= 0.3 is 0 Å². The second kappa shape index (κ2) is 7.12. The maximum absolute atomic E-state index is 13.5. The number of hydrogen-bond acceptors (Lipinski definition) is 3. The Morgan fingerprint density at radius 3 is 2.48 bits per heavy atom. The smallest absolute Gasteiger partial charge is 0.256 e. The molecule has 0 radical (unpaired) electrons. The van der Waals surface area contributed by atoms with E-state index >= 15 is 0 Å². The lowest BCUT2D eigenvalue weighted by Gasteiger charge is -2.15. The fraction of sp³-hybridized carbons (Fsp3) is 0.107. The van der Waals surface area contributed by atoms with Crippen molar-refractivity contribution in [2.75, 3.05) is 0 Å². The standard InChI is InChI=1S/C28H20ClN3O/c1-14-7-9-22-19(11-14)25(21-12-17-6-4-5-15(2)26(17)32-28(21)33)24-16(3)30-23-10-8-18(29)13-20(23)27(24)31-22/h4-13H,1-3H3,(H,32,33). The van der Waals surface area contributed by atoms with Crippen LogP contribution in [0.5, 0.6) is 0 Å². The predicted molar refractivity (Wildman–Crippen MR) is 137 cm³/mol. The molecule has 0 saturated carbocycles. The quantitative estimate of drug-likeness (QED) is 0.216. The molecule has 6 rings (SSSR count). The highest BCUT2D eigenvalue weighted by Crippen LogP contribution is 2.38. The summed E-state index contributed by atoms with van der Waals surface area (Å²) in [5, 5.41) is 4.30. The molecule has 0 aliphatic heterocycles. The van der Waals surface area contributed by atoms with Crippen molar-refractivity contribution in [2.24, 2.45) is 0 Å². The zero-order chi connectivity index (χ0) is 22.9. The van der Waals surface area contributed by atoms with Crippen molar-refractivity contribution in [3.05, 3.63) is 92.9 Å². The van der Waals surface area contributed by atoms with Gasteiger partial charge in [0.2, 0.25) is 0 Å². The van der Waals surface area contributed by atoms with Crippen LogP contribution >= 0.6 is 11.6 Å². The van der Waals surface area contributed by atoms with Gasteiger partial charge in [0.15, 0.2) is 0 Å². The molecule has 3 heterocycles. The SMILES string of the molecule is Cc1ccc2nc3c(c(C)nc4ccc(Cl)cc43)c(-c3cc4cccc(C)c4[nH]c3=O)c2c1. The molecular weight excluding hydrogens is 430 g/mol. The average molecular weight is 450 g/mol. The van der Waals surface area contributed by atoms with Crippen molar-refractivity contribution >= 4 is 55.2 Å². The third kappa shape index (κ3) is 3.02. The van der Waals surface area contributed by atoms with E-state index < -0.39 is 0 Å². The molecule has 5 heteroatoms. The summed E-state index contributed by atoms with van der Waals surface area (Å²) in [5.41, 5.74) is 7.63. The molecule has 0 amide bonds. The average Bonchev–Trinajstić information content (AvgIpc) is 2.79. The van der Waals surface area contributed by atoms with Gasteiger partial charge in [-0.15, -0.1) is 0 Å². The van der Waals surface area contributed by atoms with E-state index in [0.29, 0.717) is 10.6 Å². The van der Waals surface area contributed by atoms with E-state index in [1.54, 1.807) is 0 Å². The van der Waals surface area contributed by atoms with Crippen LogP contribution in [0.3, 0.4) is 0 Å². The number of nitrogens with zero attached hydrogens (tertiary/aromatic N) is 2. The molecule has 160 valence electrons. The normalized spacial score (nSPS) is 11.8. The first kappa shape index (κ1) is 19.9. The summed E-state index contributed by atoms with van der Waals surface area (Å²) >= 11 is 6.35. The molecule has 33 heavy (non-hydrogen) atoms. The van der Waals surface area contributed by atoms with E-state index in [1.165, 1.54) is 0 Å². The fourth-order valence-electron chi connectivity index (χ4n) is 4.81. The second-order valence-electron chi connectivity index (χ2n) is 8.64. The molecular formula is C28H20ClN3O. The van der Waals surface area contributed by atoms with E-state index in [-0.39, 0.29) is 5.56 Å². The monoisotopic (exact) mass is 449 g/mol. The molecule has 0 aliphatic carbocycles. The Bertz CT molecular complexity index is 1840. The summed E-state index contributed by atoms with van der Waals surface area (Å²) in [6.45, 7) is 6.03. The Kier molecular flexibility index (Phi) is 4.29. The number of para-hydroxylation sites is 1. The van der Waals surface area contributed by atoms with Gasteiger partial charge in [0.1, 0.15) is 0 Å². The Balaban J connectivity index is 1.88. The van der Waals surface area contributed by atoms with Gasteiger partial charge < -0.3 is 4.98 Å². The minimum Gasteiger partial charge on any atom is -0.321 e. The summed E-state index contributed by atoms with van der Waals surface area (Å²) in [6.07, 6.45) is 0. The zero-order valence-corrected chi connectivity index (χ0v) is 19.2. The van der Waals surface area contributed by atoms with Crippen molar-refractivity contribution in [1.29, 1.82) is 0 Å². The molecule has 4 nitrogen and oxygen atoms in total. The molecule has 0 aliphatic rings. The van der Waals surface area contributed by atoms with Crippen LogP contribution in [-0.4, -0.2) is 15.0 Å². The first-order chi connectivity index (χ1) is 15.9. The molecule has 3 aromatic carbocycles. The second-order valence-corrected chi connectivity index (χ2v) is 9.08. The topological polar surface area (TPSA) is 58.6 Å². The number of benzene rings is 3. The molecule has 0 saturated heterocycles. The van der Waals surface area contributed by atoms with Crippen LogP contribution in [0.1, 0.15) is 16.8 Å². The first-order valence-corrected chi connectivity index (χ1v) is 11.2. The lowest BCUT2D eigenvalue weighted by molar-refractivity contribution is 1.27. The summed E-state index contributed by atoms with van der Waals surface area (Å²) in [6, 6.07) is 19.8. The number of aromatic amines is 1. The van der Waals surface area contributed by atoms with Crippen molar-refractivity contribution in [1.82, 2.24) is 15.0 Å². The Labute approximate surface area is 194 Å². The van der Waals surface area contributed by atoms with Crippen molar-refractivity contribution < 1.29 is 0 Å². The lowest BCUT2D eigenvalue weighted by atomic mass is 9.93. The number of aromatic nitrogens is 3. The molecule has 0 bridgehead atoms. The highest BCUT2D eigenvalue weighted by molar-refractivity contribution is 6.32. The molecule has 1 N–H and O–H groups in total. The predicted octanol–water partition coefficient (Wildman–Crippen LogP) is 7.02. The number of aryl methyl sites for hydroxylation is 3. The van der Waals surface area contributed by atoms with Crippen LogP contribution in [0.2, 0.25) is 5.02 Å². The van der Waals surface area contributed by atoms with E-state index in [0.717, 1.165) is 66.0 Å². The lowest BCUT2D eigenvalue weighted by Crippen LogP contribution is -2.10. The number of H-pyrrole nitrogens is 1. The van der Waals surface area contributed by atoms with Crippen LogP contribution in [0.25, 0.3) is 54.7 Å². The van der Waals surface area contributed by atoms with Gasteiger partial charge in [0.05, 0.1) is 22.1 Å². The number of halogens is 1. The van der Waals surface area contributed by atoms with Gasteiger partial charge in [0, 0.05) is 38.0 Å². The van der Waals surface area contributed by atoms with Gasteiger partial charge in [-0.05, 0) is 68.1 Å². The van der Waals surface area contributed by atoms with E-state index in [9.17, 15) is 4.79 Å². The maximum Gasteiger partial charge on any atom is 0.256 e. The molecule has 6 aromatic rings. The van der Waals surface area contributed by atoms with Crippen molar-refractivity contribution in [2.45, 2.75) is 20.8 Å². The molecule has 0 unspecified atom stereocenters. The van der Waals surface area contributed by atoms with Crippen LogP contribution in [0.4, 0.5) is 0 Å². The van der Waals surface area contributed by atoms with Crippen LogP contribution < -0.4 is 5.56 Å². The minimum atomic E-state index is -0.127. The fourth-order valence-corrected chi connectivity index (χ4v) is 4.98. The summed E-state index contributed by atoms with van der Waals surface area (Å²) in [4.78, 5) is 26.5. The number of nitrogens with one attached hydrogen (secondary N) is 1. The number of rotatable bonds is 1.